The van der Waals surface area contributed by atoms with Gasteiger partial charge >= 0.3 is 0 Å². The largest absolute Gasteiger partial charge is 0.493 e. The number of hydrogen-bond acceptors (Lipinski definition) is 3. The van der Waals surface area contributed by atoms with E-state index in [2.05, 4.69) is 12.1 Å². The molecule has 100 valence electrons. The minimum Gasteiger partial charge on any atom is -0.493 e. The van der Waals surface area contributed by atoms with Crippen LogP contribution in [0.25, 0.3) is 0 Å². The fourth-order valence-electron chi connectivity index (χ4n) is 2.47. The predicted molar refractivity (Wildman–Crippen MR) is 72.9 cm³/mol. The lowest BCUT2D eigenvalue weighted by Gasteiger charge is -2.24. The molecule has 3 heteroatoms. The molecule has 1 unspecified atom stereocenters. The molecular weight excluding hydrogens is 226 g/mol. The van der Waals surface area contributed by atoms with Crippen molar-refractivity contribution in [1.82, 2.24) is 0 Å². The van der Waals surface area contributed by atoms with Crippen molar-refractivity contribution < 1.29 is 9.47 Å². The van der Waals surface area contributed by atoms with Gasteiger partial charge in [-0.2, -0.15) is 0 Å². The Morgan fingerprint density at radius 3 is 3.06 bits per heavy atom. The molecule has 1 aliphatic carbocycles. The van der Waals surface area contributed by atoms with Crippen molar-refractivity contribution >= 4 is 0 Å². The highest BCUT2D eigenvalue weighted by Gasteiger charge is 2.19. The molecule has 1 aromatic rings. The molecule has 0 fully saturated rings. The molecule has 2 N–H and O–H groups in total. The highest BCUT2D eigenvalue weighted by Crippen LogP contribution is 2.33. The molecule has 0 aromatic heterocycles. The van der Waals surface area contributed by atoms with Gasteiger partial charge in [0.15, 0.2) is 0 Å². The van der Waals surface area contributed by atoms with Crippen LogP contribution in [-0.4, -0.2) is 19.8 Å². The van der Waals surface area contributed by atoms with Crippen LogP contribution in [0.5, 0.6) is 5.75 Å². The van der Waals surface area contributed by atoms with E-state index in [0.717, 1.165) is 44.6 Å². The van der Waals surface area contributed by atoms with E-state index in [-0.39, 0.29) is 6.04 Å². The molecule has 0 aliphatic heterocycles. The number of nitrogens with two attached hydrogens (primary N) is 1. The highest BCUT2D eigenvalue weighted by molar-refractivity contribution is 5.43. The van der Waals surface area contributed by atoms with Crippen LogP contribution in [0.1, 0.15) is 43.4 Å². The topological polar surface area (TPSA) is 44.5 Å². The molecule has 0 saturated carbocycles. The minimum atomic E-state index is 0.181. The number of benzene rings is 1. The second-order valence-electron chi connectivity index (χ2n) is 4.72. The third-order valence-corrected chi connectivity index (χ3v) is 3.41. The van der Waals surface area contributed by atoms with Gasteiger partial charge in [-0.3, -0.25) is 0 Å². The summed E-state index contributed by atoms with van der Waals surface area (Å²) in [5.74, 6) is 1.01. The minimum absolute atomic E-state index is 0.181. The molecule has 3 nitrogen and oxygen atoms in total. The molecule has 1 aromatic carbocycles. The predicted octanol–water partition coefficient (Wildman–Crippen LogP) is 2.83. The Hall–Kier alpha value is -1.06. The summed E-state index contributed by atoms with van der Waals surface area (Å²) in [6.07, 6.45) is 4.27. The van der Waals surface area contributed by atoms with Crippen molar-refractivity contribution in [1.29, 1.82) is 0 Å². The van der Waals surface area contributed by atoms with Gasteiger partial charge in [-0.05, 0) is 43.4 Å². The molecule has 0 bridgehead atoms. The van der Waals surface area contributed by atoms with Crippen molar-refractivity contribution in [2.75, 3.05) is 19.8 Å². The van der Waals surface area contributed by atoms with Gasteiger partial charge in [0.2, 0.25) is 0 Å². The summed E-state index contributed by atoms with van der Waals surface area (Å²) in [6.45, 7) is 4.27. The molecular formula is C15H23NO2. The van der Waals surface area contributed by atoms with E-state index < -0.39 is 0 Å². The average Bonchev–Trinajstić information content (AvgIpc) is 2.39. The van der Waals surface area contributed by atoms with Crippen molar-refractivity contribution in [3.8, 4) is 5.75 Å². The van der Waals surface area contributed by atoms with Crippen LogP contribution in [0.2, 0.25) is 0 Å². The second kappa shape index (κ2) is 6.76. The van der Waals surface area contributed by atoms with Gasteiger partial charge in [0.25, 0.3) is 0 Å². The van der Waals surface area contributed by atoms with Crippen molar-refractivity contribution in [2.45, 2.75) is 38.6 Å². The van der Waals surface area contributed by atoms with Gasteiger partial charge < -0.3 is 15.2 Å². The normalized spacial score (nSPS) is 18.4. The van der Waals surface area contributed by atoms with Crippen LogP contribution >= 0.6 is 0 Å². The first kappa shape index (κ1) is 13.4. The standard InChI is InChI=1S/C15H23NO2/c1-2-17-10-5-11-18-15-9-4-6-12-13(15)7-3-8-14(12)16/h4,6,9,14H,2-3,5,7-8,10-11,16H2,1H3. The SMILES string of the molecule is CCOCCCOc1cccc2c1CCCC2N. The van der Waals surface area contributed by atoms with Crippen LogP contribution in [0.15, 0.2) is 18.2 Å². The maximum atomic E-state index is 6.13. The Labute approximate surface area is 109 Å². The van der Waals surface area contributed by atoms with Crippen LogP contribution in [0, 0.1) is 0 Å². The van der Waals surface area contributed by atoms with E-state index in [0.29, 0.717) is 6.61 Å². The maximum absolute atomic E-state index is 6.13. The van der Waals surface area contributed by atoms with Crippen molar-refractivity contribution in [2.24, 2.45) is 5.73 Å². The first-order valence-electron chi connectivity index (χ1n) is 6.91. The van der Waals surface area contributed by atoms with E-state index in [1.54, 1.807) is 0 Å². The zero-order valence-corrected chi connectivity index (χ0v) is 11.2. The summed E-state index contributed by atoms with van der Waals surface area (Å²) in [5.41, 5.74) is 8.71. The first-order chi connectivity index (χ1) is 8.83. The van der Waals surface area contributed by atoms with Gasteiger partial charge in [-0.25, -0.2) is 0 Å². The fraction of sp³-hybridized carbons (Fsp3) is 0.600. The van der Waals surface area contributed by atoms with Crippen LogP contribution < -0.4 is 10.5 Å². The number of rotatable bonds is 6. The summed E-state index contributed by atoms with van der Waals surface area (Å²) in [4.78, 5) is 0. The molecule has 18 heavy (non-hydrogen) atoms. The summed E-state index contributed by atoms with van der Waals surface area (Å²) in [6, 6.07) is 6.41. The van der Waals surface area contributed by atoms with Gasteiger partial charge in [-0.1, -0.05) is 12.1 Å². The summed E-state index contributed by atoms with van der Waals surface area (Å²) < 4.78 is 11.2. The molecule has 0 spiro atoms. The second-order valence-corrected chi connectivity index (χ2v) is 4.72. The first-order valence-corrected chi connectivity index (χ1v) is 6.91. The molecule has 1 aliphatic rings. The van der Waals surface area contributed by atoms with Crippen LogP contribution in [-0.2, 0) is 11.2 Å². The summed E-state index contributed by atoms with van der Waals surface area (Å²) in [5, 5.41) is 0. The zero-order valence-electron chi connectivity index (χ0n) is 11.2. The Morgan fingerprint density at radius 2 is 2.22 bits per heavy atom. The lowest BCUT2D eigenvalue weighted by molar-refractivity contribution is 0.130. The Kier molecular flexibility index (Phi) is 5.02. The van der Waals surface area contributed by atoms with Gasteiger partial charge in [0.05, 0.1) is 6.61 Å². The molecule has 0 saturated heterocycles. The number of hydrogen-bond donors (Lipinski definition) is 1. The van der Waals surface area contributed by atoms with Gasteiger partial charge in [0.1, 0.15) is 5.75 Å². The van der Waals surface area contributed by atoms with E-state index in [1.165, 1.54) is 11.1 Å². The number of fused-ring (bicyclic) bond motifs is 1. The third kappa shape index (κ3) is 3.24. The Balaban J connectivity index is 1.94. The number of ether oxygens (including phenoxy) is 2. The Bertz CT molecular complexity index is 379. The van der Waals surface area contributed by atoms with Crippen LogP contribution in [0.3, 0.4) is 0 Å². The van der Waals surface area contributed by atoms with E-state index in [9.17, 15) is 0 Å². The van der Waals surface area contributed by atoms with Crippen molar-refractivity contribution in [3.63, 3.8) is 0 Å². The molecule has 0 heterocycles. The highest BCUT2D eigenvalue weighted by atomic mass is 16.5. The average molecular weight is 249 g/mol. The molecule has 0 radical (unpaired) electrons. The van der Waals surface area contributed by atoms with Crippen LogP contribution in [0.4, 0.5) is 0 Å². The smallest absolute Gasteiger partial charge is 0.122 e. The zero-order chi connectivity index (χ0) is 12.8. The monoisotopic (exact) mass is 249 g/mol. The Morgan fingerprint density at radius 1 is 1.33 bits per heavy atom. The third-order valence-electron chi connectivity index (χ3n) is 3.41. The lowest BCUT2D eigenvalue weighted by atomic mass is 9.87. The summed E-state index contributed by atoms with van der Waals surface area (Å²) in [7, 11) is 0. The van der Waals surface area contributed by atoms with Crippen molar-refractivity contribution in [3.05, 3.63) is 29.3 Å². The summed E-state index contributed by atoms with van der Waals surface area (Å²) >= 11 is 0. The molecule has 2 rings (SSSR count). The lowest BCUT2D eigenvalue weighted by Crippen LogP contribution is -2.18. The quantitative estimate of drug-likeness (QED) is 0.788. The van der Waals surface area contributed by atoms with Gasteiger partial charge in [0, 0.05) is 25.7 Å². The van der Waals surface area contributed by atoms with E-state index in [1.807, 2.05) is 13.0 Å². The van der Waals surface area contributed by atoms with E-state index in [4.69, 9.17) is 15.2 Å². The molecule has 1 atom stereocenters. The molecule has 0 amide bonds. The van der Waals surface area contributed by atoms with Gasteiger partial charge in [-0.15, -0.1) is 0 Å². The fourth-order valence-corrected chi connectivity index (χ4v) is 2.47. The maximum Gasteiger partial charge on any atom is 0.122 e. The van der Waals surface area contributed by atoms with E-state index >= 15 is 0 Å².